The molecule has 36 heavy (non-hydrogen) atoms. The fourth-order valence-electron chi connectivity index (χ4n) is 6.98. The van der Waals surface area contributed by atoms with E-state index in [9.17, 15) is 9.59 Å². The van der Waals surface area contributed by atoms with E-state index in [1.54, 1.807) is 0 Å². The minimum Gasteiger partial charge on any atom is -0.338 e. The van der Waals surface area contributed by atoms with Gasteiger partial charge in [0.1, 0.15) is 11.2 Å². The number of nitrogens with zero attached hydrogens (tertiary/aromatic N) is 5. The fraction of sp³-hybridized carbons (Fsp3) is 0.429. The Hall–Kier alpha value is -3.68. The normalized spacial score (nSPS) is 25.0. The Morgan fingerprint density at radius 2 is 1.58 bits per heavy atom. The predicted molar refractivity (Wildman–Crippen MR) is 136 cm³/mol. The number of amides is 2. The van der Waals surface area contributed by atoms with Crippen molar-refractivity contribution in [2.45, 2.75) is 20.4 Å². The van der Waals surface area contributed by atoms with Crippen molar-refractivity contribution in [2.75, 3.05) is 26.2 Å². The summed E-state index contributed by atoms with van der Waals surface area (Å²) in [6.45, 7) is 8.35. The van der Waals surface area contributed by atoms with Gasteiger partial charge in [-0.1, -0.05) is 37.3 Å². The summed E-state index contributed by atoms with van der Waals surface area (Å²) in [6, 6.07) is 15.9. The van der Waals surface area contributed by atoms with Crippen LogP contribution in [0.1, 0.15) is 34.7 Å². The molecular weight excluding hydrogens is 452 g/mol. The molecule has 2 saturated heterocycles. The first-order chi connectivity index (χ1) is 17.5. The van der Waals surface area contributed by atoms with Crippen LogP contribution in [0.5, 0.6) is 0 Å². The highest BCUT2D eigenvalue weighted by Crippen LogP contribution is 2.54. The van der Waals surface area contributed by atoms with Crippen LogP contribution < -0.4 is 0 Å². The Morgan fingerprint density at radius 3 is 2.28 bits per heavy atom. The van der Waals surface area contributed by atoms with Gasteiger partial charge in [-0.2, -0.15) is 0 Å². The molecule has 2 aromatic carbocycles. The average molecular weight is 483 g/mol. The standard InChI is InChI=1S/C28H30N6O2/c1-16(2)11-34-25-6-4-3-5-17(25)10-26(34)28(36)33-14-21-19-12-32(13-20(19)22(21)15-33)27(35)18-7-8-23-24(9-18)30-31-29-23/h3-10,16,19-22H,11-15H2,1-2H3,(H,29,30,31)/t19-,20+,21?,22?. The first-order valence-electron chi connectivity index (χ1n) is 13.0. The average Bonchev–Trinajstić information content (AvgIpc) is 3.64. The third-order valence-corrected chi connectivity index (χ3v) is 8.65. The van der Waals surface area contributed by atoms with E-state index in [1.165, 1.54) is 0 Å². The zero-order valence-electron chi connectivity index (χ0n) is 20.6. The zero-order chi connectivity index (χ0) is 24.6. The van der Waals surface area contributed by atoms with Gasteiger partial charge in [0.15, 0.2) is 0 Å². The van der Waals surface area contributed by atoms with E-state index in [0.29, 0.717) is 40.7 Å². The number of benzene rings is 2. The largest absolute Gasteiger partial charge is 0.338 e. The summed E-state index contributed by atoms with van der Waals surface area (Å²) in [4.78, 5) is 31.0. The maximum absolute atomic E-state index is 13.7. The van der Waals surface area contributed by atoms with Gasteiger partial charge in [0.2, 0.25) is 0 Å². The molecule has 2 aromatic heterocycles. The maximum Gasteiger partial charge on any atom is 0.270 e. The molecule has 1 saturated carbocycles. The molecule has 4 atom stereocenters. The second kappa shape index (κ2) is 7.91. The Balaban J connectivity index is 1.07. The topological polar surface area (TPSA) is 87.1 Å². The van der Waals surface area contributed by atoms with Crippen LogP contribution >= 0.6 is 0 Å². The second-order valence-electron chi connectivity index (χ2n) is 11.2. The summed E-state index contributed by atoms with van der Waals surface area (Å²) in [5.74, 6) is 2.60. The number of H-pyrrole nitrogens is 1. The van der Waals surface area contributed by atoms with E-state index < -0.39 is 0 Å². The van der Waals surface area contributed by atoms with Gasteiger partial charge in [-0.05, 0) is 59.9 Å². The zero-order valence-corrected chi connectivity index (χ0v) is 20.6. The fourth-order valence-corrected chi connectivity index (χ4v) is 6.98. The summed E-state index contributed by atoms with van der Waals surface area (Å²) in [7, 11) is 0. The van der Waals surface area contributed by atoms with E-state index >= 15 is 0 Å². The molecule has 0 radical (unpaired) electrons. The molecule has 1 N–H and O–H groups in total. The summed E-state index contributed by atoms with van der Waals surface area (Å²) >= 11 is 0. The molecule has 2 amide bonds. The Morgan fingerprint density at radius 1 is 0.917 bits per heavy atom. The predicted octanol–water partition coefficient (Wildman–Crippen LogP) is 3.66. The molecule has 3 aliphatic rings. The molecule has 8 nitrogen and oxygen atoms in total. The number of hydrogen-bond acceptors (Lipinski definition) is 4. The third-order valence-electron chi connectivity index (χ3n) is 8.65. The molecule has 3 fully saturated rings. The molecule has 0 bridgehead atoms. The van der Waals surface area contributed by atoms with Crippen LogP contribution in [0.2, 0.25) is 0 Å². The number of carbonyl (C=O) groups is 2. The molecule has 2 unspecified atom stereocenters. The molecule has 4 heterocycles. The smallest absolute Gasteiger partial charge is 0.270 e. The number of para-hydroxylation sites is 1. The minimum absolute atomic E-state index is 0.0681. The minimum atomic E-state index is 0.0681. The number of carbonyl (C=O) groups excluding carboxylic acids is 2. The number of hydrogen-bond donors (Lipinski definition) is 1. The molecule has 4 aromatic rings. The monoisotopic (exact) mass is 482 g/mol. The van der Waals surface area contributed by atoms with Crippen molar-refractivity contribution in [1.82, 2.24) is 29.8 Å². The number of likely N-dealkylation sites (tertiary alicyclic amines) is 2. The van der Waals surface area contributed by atoms with Crippen LogP contribution in [-0.4, -0.2) is 67.8 Å². The van der Waals surface area contributed by atoms with Crippen molar-refractivity contribution in [2.24, 2.45) is 29.6 Å². The van der Waals surface area contributed by atoms with Crippen molar-refractivity contribution in [3.8, 4) is 0 Å². The maximum atomic E-state index is 13.7. The first kappa shape index (κ1) is 21.6. The van der Waals surface area contributed by atoms with Crippen LogP contribution in [0.4, 0.5) is 0 Å². The van der Waals surface area contributed by atoms with E-state index in [-0.39, 0.29) is 11.8 Å². The van der Waals surface area contributed by atoms with Gasteiger partial charge in [0, 0.05) is 49.2 Å². The van der Waals surface area contributed by atoms with Crippen molar-refractivity contribution in [1.29, 1.82) is 0 Å². The first-order valence-corrected chi connectivity index (χ1v) is 13.0. The van der Waals surface area contributed by atoms with Gasteiger partial charge in [0.05, 0.1) is 5.52 Å². The van der Waals surface area contributed by atoms with Gasteiger partial charge in [-0.15, -0.1) is 5.10 Å². The highest BCUT2D eigenvalue weighted by Gasteiger charge is 2.59. The summed E-state index contributed by atoms with van der Waals surface area (Å²) in [5.41, 5.74) is 4.14. The van der Waals surface area contributed by atoms with E-state index in [0.717, 1.165) is 54.8 Å². The molecule has 7 rings (SSSR count). The van der Waals surface area contributed by atoms with Crippen molar-refractivity contribution >= 4 is 33.8 Å². The molecule has 184 valence electrons. The van der Waals surface area contributed by atoms with Gasteiger partial charge < -0.3 is 14.4 Å². The lowest BCUT2D eigenvalue weighted by atomic mass is 9.60. The molecule has 0 spiro atoms. The lowest BCUT2D eigenvalue weighted by molar-refractivity contribution is 0.0629. The third kappa shape index (κ3) is 3.20. The van der Waals surface area contributed by atoms with Crippen molar-refractivity contribution < 1.29 is 9.59 Å². The van der Waals surface area contributed by atoms with Crippen molar-refractivity contribution in [3.63, 3.8) is 0 Å². The lowest BCUT2D eigenvalue weighted by Gasteiger charge is -2.42. The van der Waals surface area contributed by atoms with Gasteiger partial charge in [-0.25, -0.2) is 0 Å². The van der Waals surface area contributed by atoms with Crippen LogP contribution in [0.3, 0.4) is 0 Å². The number of rotatable bonds is 4. The SMILES string of the molecule is CC(C)Cn1c(C(=O)N2CC3C(C2)[C@@H]2CN(C(=O)c4ccc5[nH]nnc5c4)C[C@H]32)cc2ccccc21. The molecule has 2 aliphatic heterocycles. The van der Waals surface area contributed by atoms with Crippen LogP contribution in [0.15, 0.2) is 48.5 Å². The van der Waals surface area contributed by atoms with Crippen molar-refractivity contribution in [3.05, 3.63) is 59.8 Å². The highest BCUT2D eigenvalue weighted by molar-refractivity contribution is 5.99. The quantitative estimate of drug-likeness (QED) is 0.481. The number of fused-ring (bicyclic) bond motifs is 6. The molecule has 8 heteroatoms. The van der Waals surface area contributed by atoms with Gasteiger partial charge in [0.25, 0.3) is 11.8 Å². The van der Waals surface area contributed by atoms with Crippen LogP contribution in [0, 0.1) is 29.6 Å². The van der Waals surface area contributed by atoms with Crippen LogP contribution in [0.25, 0.3) is 21.9 Å². The lowest BCUT2D eigenvalue weighted by Crippen LogP contribution is -2.44. The number of nitrogens with one attached hydrogen (secondary N) is 1. The number of aromatic amines is 1. The molecule has 1 aliphatic carbocycles. The summed E-state index contributed by atoms with van der Waals surface area (Å²) in [6.07, 6.45) is 0. The Kier molecular flexibility index (Phi) is 4.75. The Bertz CT molecular complexity index is 1480. The van der Waals surface area contributed by atoms with E-state index in [1.807, 2.05) is 35.2 Å². The van der Waals surface area contributed by atoms with Gasteiger partial charge >= 0.3 is 0 Å². The van der Waals surface area contributed by atoms with Crippen LogP contribution in [-0.2, 0) is 6.54 Å². The van der Waals surface area contributed by atoms with Gasteiger partial charge in [-0.3, -0.25) is 14.7 Å². The summed E-state index contributed by atoms with van der Waals surface area (Å²) in [5, 5.41) is 11.8. The van der Waals surface area contributed by atoms with E-state index in [2.05, 4.69) is 56.9 Å². The second-order valence-corrected chi connectivity index (χ2v) is 11.2. The Labute approximate surface area is 209 Å². The highest BCUT2D eigenvalue weighted by atomic mass is 16.2. The molecular formula is C28H30N6O2. The number of aromatic nitrogens is 4. The summed E-state index contributed by atoms with van der Waals surface area (Å²) < 4.78 is 2.20. The van der Waals surface area contributed by atoms with E-state index in [4.69, 9.17) is 0 Å².